The van der Waals surface area contributed by atoms with Crippen LogP contribution in [0, 0.1) is 0 Å². The second-order valence-electron chi connectivity index (χ2n) is 4.55. The lowest BCUT2D eigenvalue weighted by molar-refractivity contribution is -0.137. The van der Waals surface area contributed by atoms with Crippen LogP contribution in [0.15, 0.2) is 40.3 Å². The Balaban J connectivity index is 1.78. The minimum atomic E-state index is -4.39. The number of benzene rings is 1. The molecule has 0 fully saturated rings. The van der Waals surface area contributed by atoms with Crippen LogP contribution in [0.25, 0.3) is 0 Å². The van der Waals surface area contributed by atoms with Crippen LogP contribution in [-0.2, 0) is 6.18 Å². The number of alkyl halides is 3. The molecule has 1 aromatic heterocycles. The second kappa shape index (κ2) is 7.40. The van der Waals surface area contributed by atoms with E-state index in [2.05, 4.69) is 9.97 Å². The number of nitrogens with one attached hydrogen (secondary N) is 1. The highest BCUT2D eigenvalue weighted by Crippen LogP contribution is 2.31. The zero-order valence-electron chi connectivity index (χ0n) is 11.9. The summed E-state index contributed by atoms with van der Waals surface area (Å²) in [5.74, 6) is 0.877. The number of thioether (sulfide) groups is 1. The molecule has 124 valence electrons. The van der Waals surface area contributed by atoms with Gasteiger partial charge in [0.15, 0.2) is 5.16 Å². The first-order valence-corrected chi connectivity index (χ1v) is 7.63. The van der Waals surface area contributed by atoms with Crippen molar-refractivity contribution in [3.63, 3.8) is 0 Å². The Hall–Kier alpha value is -2.16. The van der Waals surface area contributed by atoms with Gasteiger partial charge in [-0.3, -0.25) is 4.79 Å². The maximum absolute atomic E-state index is 12.6. The normalized spacial score (nSPS) is 11.4. The molecule has 3 N–H and O–H groups in total. The quantitative estimate of drug-likeness (QED) is 0.478. The molecule has 1 heterocycles. The number of nitrogens with zero attached hydrogens (tertiary/aromatic N) is 1. The van der Waals surface area contributed by atoms with Crippen LogP contribution < -0.4 is 16.0 Å². The Morgan fingerprint density at radius 3 is 2.78 bits per heavy atom. The summed E-state index contributed by atoms with van der Waals surface area (Å²) in [7, 11) is 0. The number of aromatic amines is 1. The van der Waals surface area contributed by atoms with Crippen LogP contribution in [0.4, 0.5) is 19.0 Å². The van der Waals surface area contributed by atoms with Crippen molar-refractivity contribution in [2.24, 2.45) is 0 Å². The van der Waals surface area contributed by atoms with Gasteiger partial charge in [-0.1, -0.05) is 17.8 Å². The van der Waals surface area contributed by atoms with Gasteiger partial charge in [0.1, 0.15) is 11.6 Å². The highest BCUT2D eigenvalue weighted by atomic mass is 32.2. The number of rotatable bonds is 6. The van der Waals surface area contributed by atoms with E-state index in [-0.39, 0.29) is 23.7 Å². The third-order valence-corrected chi connectivity index (χ3v) is 3.66. The van der Waals surface area contributed by atoms with Crippen LogP contribution in [0.1, 0.15) is 12.0 Å². The number of hydrogen-bond donors (Lipinski definition) is 2. The predicted octanol–water partition coefficient (Wildman–Crippen LogP) is 2.93. The molecule has 0 aliphatic heterocycles. The predicted molar refractivity (Wildman–Crippen MR) is 81.6 cm³/mol. The molecule has 0 saturated carbocycles. The summed E-state index contributed by atoms with van der Waals surface area (Å²) in [5, 5.41) is 0.397. The van der Waals surface area contributed by atoms with Gasteiger partial charge < -0.3 is 15.5 Å². The fourth-order valence-electron chi connectivity index (χ4n) is 1.70. The first-order chi connectivity index (χ1) is 10.8. The number of hydrogen-bond acceptors (Lipinski definition) is 5. The summed E-state index contributed by atoms with van der Waals surface area (Å²) in [4.78, 5) is 17.7. The molecule has 9 heteroatoms. The minimum Gasteiger partial charge on any atom is -0.494 e. The third-order valence-electron chi connectivity index (χ3n) is 2.70. The van der Waals surface area contributed by atoms with Crippen molar-refractivity contribution in [2.75, 3.05) is 18.1 Å². The number of ether oxygens (including phenoxy) is 1. The van der Waals surface area contributed by atoms with Crippen molar-refractivity contribution < 1.29 is 17.9 Å². The molecule has 0 unspecified atom stereocenters. The maximum atomic E-state index is 12.6. The average Bonchev–Trinajstić information content (AvgIpc) is 2.45. The van der Waals surface area contributed by atoms with Gasteiger partial charge in [0.25, 0.3) is 5.56 Å². The Morgan fingerprint density at radius 2 is 2.09 bits per heavy atom. The van der Waals surface area contributed by atoms with Gasteiger partial charge in [-0.05, 0) is 24.6 Å². The van der Waals surface area contributed by atoms with Gasteiger partial charge in [0, 0.05) is 11.8 Å². The number of nitrogen functional groups attached to an aromatic ring is 1. The third kappa shape index (κ3) is 5.51. The Morgan fingerprint density at radius 1 is 1.30 bits per heavy atom. The molecule has 5 nitrogen and oxygen atoms in total. The standard InChI is InChI=1S/C14H14F3N3O2S/c15-14(16,17)9-3-1-4-10(7-9)22-5-2-6-23-13-19-11(18)8-12(21)20-13/h1,3-4,7-8H,2,5-6H2,(H3,18,19,20,21). The van der Waals surface area contributed by atoms with E-state index in [1.807, 2.05) is 0 Å². The molecule has 0 spiro atoms. The smallest absolute Gasteiger partial charge is 0.416 e. The molecule has 0 aliphatic rings. The molecular formula is C14H14F3N3O2S. The van der Waals surface area contributed by atoms with Crippen molar-refractivity contribution in [3.8, 4) is 5.75 Å². The second-order valence-corrected chi connectivity index (χ2v) is 5.64. The topological polar surface area (TPSA) is 81.0 Å². The largest absolute Gasteiger partial charge is 0.494 e. The lowest BCUT2D eigenvalue weighted by Gasteiger charge is -2.10. The SMILES string of the molecule is Nc1cc(=O)[nH]c(SCCCOc2cccc(C(F)(F)F)c2)n1. The highest BCUT2D eigenvalue weighted by molar-refractivity contribution is 7.99. The van der Waals surface area contributed by atoms with E-state index in [1.165, 1.54) is 30.0 Å². The van der Waals surface area contributed by atoms with Gasteiger partial charge in [-0.15, -0.1) is 0 Å². The van der Waals surface area contributed by atoms with Crippen LogP contribution in [-0.4, -0.2) is 22.3 Å². The fourth-order valence-corrected chi connectivity index (χ4v) is 2.50. The Bertz CT molecular complexity index is 719. The van der Waals surface area contributed by atoms with Gasteiger partial charge in [0.2, 0.25) is 0 Å². The van der Waals surface area contributed by atoms with E-state index >= 15 is 0 Å². The summed E-state index contributed by atoms with van der Waals surface area (Å²) >= 11 is 1.28. The number of H-pyrrole nitrogens is 1. The monoisotopic (exact) mass is 345 g/mol. The summed E-state index contributed by atoms with van der Waals surface area (Å²) in [5.41, 5.74) is 4.38. The molecule has 0 bridgehead atoms. The van der Waals surface area contributed by atoms with Crippen molar-refractivity contribution >= 4 is 17.6 Å². The van der Waals surface area contributed by atoms with Gasteiger partial charge in [-0.25, -0.2) is 4.98 Å². The molecule has 0 aliphatic carbocycles. The van der Waals surface area contributed by atoms with Gasteiger partial charge in [0.05, 0.1) is 12.2 Å². The molecule has 23 heavy (non-hydrogen) atoms. The van der Waals surface area contributed by atoms with Crippen LogP contribution in [0.5, 0.6) is 5.75 Å². The summed E-state index contributed by atoms with van der Waals surface area (Å²) in [6, 6.07) is 5.91. The van der Waals surface area contributed by atoms with E-state index in [0.717, 1.165) is 12.1 Å². The lowest BCUT2D eigenvalue weighted by atomic mass is 10.2. The van der Waals surface area contributed by atoms with Gasteiger partial charge >= 0.3 is 6.18 Å². The molecule has 0 saturated heterocycles. The number of nitrogens with two attached hydrogens (primary N) is 1. The van der Waals surface area contributed by atoms with Crippen LogP contribution in [0.2, 0.25) is 0 Å². The average molecular weight is 345 g/mol. The van der Waals surface area contributed by atoms with E-state index in [9.17, 15) is 18.0 Å². The van der Waals surface area contributed by atoms with Crippen LogP contribution >= 0.6 is 11.8 Å². The molecular weight excluding hydrogens is 331 g/mol. The summed E-state index contributed by atoms with van der Waals surface area (Å²) < 4.78 is 43.0. The molecule has 0 atom stereocenters. The lowest BCUT2D eigenvalue weighted by Crippen LogP contribution is -2.09. The van der Waals surface area contributed by atoms with Crippen molar-refractivity contribution in [3.05, 3.63) is 46.2 Å². The molecule has 0 radical (unpaired) electrons. The van der Waals surface area contributed by atoms with E-state index in [4.69, 9.17) is 10.5 Å². The minimum absolute atomic E-state index is 0.136. The van der Waals surface area contributed by atoms with Crippen LogP contribution in [0.3, 0.4) is 0 Å². The van der Waals surface area contributed by atoms with Crippen molar-refractivity contribution in [1.82, 2.24) is 9.97 Å². The summed E-state index contributed by atoms with van der Waals surface area (Å²) in [6.07, 6.45) is -3.82. The first kappa shape index (κ1) is 17.2. The van der Waals surface area contributed by atoms with E-state index in [0.29, 0.717) is 17.3 Å². The maximum Gasteiger partial charge on any atom is 0.416 e. The number of anilines is 1. The molecule has 0 amide bonds. The zero-order valence-corrected chi connectivity index (χ0v) is 12.7. The number of halogens is 3. The Kier molecular flexibility index (Phi) is 5.54. The van der Waals surface area contributed by atoms with Crippen molar-refractivity contribution in [2.45, 2.75) is 17.8 Å². The molecule has 1 aromatic carbocycles. The molecule has 2 aromatic rings. The van der Waals surface area contributed by atoms with Crippen molar-refractivity contribution in [1.29, 1.82) is 0 Å². The zero-order chi connectivity index (χ0) is 16.9. The highest BCUT2D eigenvalue weighted by Gasteiger charge is 2.30. The number of aromatic nitrogens is 2. The summed E-state index contributed by atoms with van der Waals surface area (Å²) in [6.45, 7) is 0.251. The first-order valence-electron chi connectivity index (χ1n) is 6.64. The fraction of sp³-hybridized carbons (Fsp3) is 0.286. The van der Waals surface area contributed by atoms with E-state index in [1.54, 1.807) is 0 Å². The Labute approximate surface area is 134 Å². The van der Waals surface area contributed by atoms with Gasteiger partial charge in [-0.2, -0.15) is 13.2 Å². The van der Waals surface area contributed by atoms with E-state index < -0.39 is 11.7 Å². The molecule has 2 rings (SSSR count).